The highest BCUT2D eigenvalue weighted by Gasteiger charge is 2.25. The number of aryl methyl sites for hydroxylation is 1. The van der Waals surface area contributed by atoms with Crippen LogP contribution in [0.5, 0.6) is 0 Å². The number of benzene rings is 1. The molecule has 2 N–H and O–H groups in total. The molecule has 19 heavy (non-hydrogen) atoms. The highest BCUT2D eigenvalue weighted by Crippen LogP contribution is 2.34. The maximum Gasteiger partial charge on any atom is 0.230 e. The van der Waals surface area contributed by atoms with Crippen LogP contribution in [0.25, 0.3) is 0 Å². The summed E-state index contributed by atoms with van der Waals surface area (Å²) in [7, 11) is 0. The smallest absolute Gasteiger partial charge is 0.230 e. The summed E-state index contributed by atoms with van der Waals surface area (Å²) in [6.07, 6.45) is 5.87. The molecule has 0 amide bonds. The van der Waals surface area contributed by atoms with Crippen LogP contribution in [0.15, 0.2) is 36.7 Å². The molecule has 0 spiro atoms. The second-order valence-corrected chi connectivity index (χ2v) is 4.98. The van der Waals surface area contributed by atoms with Crippen LogP contribution in [0.1, 0.15) is 24.5 Å². The van der Waals surface area contributed by atoms with E-state index in [2.05, 4.69) is 46.1 Å². The molecule has 0 fully saturated rings. The lowest BCUT2D eigenvalue weighted by atomic mass is 9.97. The Morgan fingerprint density at radius 2 is 2.00 bits per heavy atom. The van der Waals surface area contributed by atoms with Gasteiger partial charge in [0.15, 0.2) is 0 Å². The number of hydrogen-bond acceptors (Lipinski definition) is 4. The summed E-state index contributed by atoms with van der Waals surface area (Å²) in [5.41, 5.74) is 9.14. The Kier molecular flexibility index (Phi) is 3.17. The SMILES string of the molecule is CC1CCc2ccccc2N1c1ncc(CN)cn1. The van der Waals surface area contributed by atoms with E-state index in [-0.39, 0.29) is 0 Å². The molecular weight excluding hydrogens is 236 g/mol. The summed E-state index contributed by atoms with van der Waals surface area (Å²) >= 11 is 0. The van der Waals surface area contributed by atoms with Gasteiger partial charge in [-0.3, -0.25) is 0 Å². The van der Waals surface area contributed by atoms with Gasteiger partial charge in [-0.1, -0.05) is 18.2 Å². The minimum absolute atomic E-state index is 0.415. The second-order valence-electron chi connectivity index (χ2n) is 4.98. The third kappa shape index (κ3) is 2.19. The first-order valence-electron chi connectivity index (χ1n) is 6.67. The summed E-state index contributed by atoms with van der Waals surface area (Å²) in [5.74, 6) is 0.761. The van der Waals surface area contributed by atoms with E-state index in [1.165, 1.54) is 11.3 Å². The van der Waals surface area contributed by atoms with Crippen molar-refractivity contribution in [2.75, 3.05) is 4.90 Å². The molecule has 98 valence electrons. The molecule has 3 rings (SSSR count). The van der Waals surface area contributed by atoms with Gasteiger partial charge >= 0.3 is 0 Å². The van der Waals surface area contributed by atoms with Crippen LogP contribution in [-0.2, 0) is 13.0 Å². The number of nitrogens with two attached hydrogens (primary N) is 1. The molecule has 2 heterocycles. The Bertz CT molecular complexity index is 565. The molecule has 1 unspecified atom stereocenters. The molecule has 4 nitrogen and oxygen atoms in total. The Hall–Kier alpha value is -1.94. The van der Waals surface area contributed by atoms with Crippen LogP contribution in [-0.4, -0.2) is 16.0 Å². The normalized spacial score (nSPS) is 18.2. The van der Waals surface area contributed by atoms with Gasteiger partial charge in [-0.15, -0.1) is 0 Å². The zero-order valence-electron chi connectivity index (χ0n) is 11.1. The zero-order valence-corrected chi connectivity index (χ0v) is 11.1. The number of anilines is 2. The highest BCUT2D eigenvalue weighted by atomic mass is 15.3. The summed E-state index contributed by atoms with van der Waals surface area (Å²) in [6, 6.07) is 8.90. The Balaban J connectivity index is 2.02. The van der Waals surface area contributed by atoms with Gasteiger partial charge in [-0.05, 0) is 31.4 Å². The Morgan fingerprint density at radius 1 is 1.26 bits per heavy atom. The lowest BCUT2D eigenvalue weighted by Crippen LogP contribution is -2.34. The van der Waals surface area contributed by atoms with E-state index < -0.39 is 0 Å². The predicted molar refractivity (Wildman–Crippen MR) is 76.3 cm³/mol. The van der Waals surface area contributed by atoms with E-state index in [1.807, 2.05) is 12.4 Å². The van der Waals surface area contributed by atoms with Crippen molar-refractivity contribution < 1.29 is 0 Å². The monoisotopic (exact) mass is 254 g/mol. The van der Waals surface area contributed by atoms with Crippen molar-refractivity contribution in [1.29, 1.82) is 0 Å². The van der Waals surface area contributed by atoms with Crippen LogP contribution in [0, 0.1) is 0 Å². The quantitative estimate of drug-likeness (QED) is 0.894. The first-order valence-corrected chi connectivity index (χ1v) is 6.67. The lowest BCUT2D eigenvalue weighted by molar-refractivity contribution is 0.607. The molecule has 1 aliphatic rings. The third-order valence-electron chi connectivity index (χ3n) is 3.67. The first kappa shape index (κ1) is 12.1. The Morgan fingerprint density at radius 3 is 2.74 bits per heavy atom. The molecule has 2 aromatic rings. The van der Waals surface area contributed by atoms with Crippen molar-refractivity contribution >= 4 is 11.6 Å². The van der Waals surface area contributed by atoms with E-state index in [9.17, 15) is 0 Å². The molecule has 0 bridgehead atoms. The molecule has 0 saturated carbocycles. The fraction of sp³-hybridized carbons (Fsp3) is 0.333. The van der Waals surface area contributed by atoms with Crippen LogP contribution < -0.4 is 10.6 Å². The van der Waals surface area contributed by atoms with Gasteiger partial charge in [-0.2, -0.15) is 0 Å². The van der Waals surface area contributed by atoms with E-state index in [1.54, 1.807) is 0 Å². The van der Waals surface area contributed by atoms with Crippen molar-refractivity contribution in [1.82, 2.24) is 9.97 Å². The summed E-state index contributed by atoms with van der Waals surface area (Å²) in [4.78, 5) is 11.1. The number of nitrogens with zero attached hydrogens (tertiary/aromatic N) is 3. The Labute approximate surface area is 113 Å². The molecule has 0 saturated heterocycles. The van der Waals surface area contributed by atoms with E-state index in [0.29, 0.717) is 12.6 Å². The fourth-order valence-electron chi connectivity index (χ4n) is 2.57. The standard InChI is InChI=1S/C15H18N4/c1-11-6-7-13-4-2-3-5-14(13)19(11)15-17-9-12(8-16)10-18-15/h2-5,9-11H,6-8,16H2,1H3. The van der Waals surface area contributed by atoms with Crippen LogP contribution in [0.4, 0.5) is 11.6 Å². The van der Waals surface area contributed by atoms with Crippen molar-refractivity contribution in [2.24, 2.45) is 5.73 Å². The van der Waals surface area contributed by atoms with Gasteiger partial charge in [-0.25, -0.2) is 9.97 Å². The van der Waals surface area contributed by atoms with Crippen molar-refractivity contribution in [2.45, 2.75) is 32.4 Å². The van der Waals surface area contributed by atoms with Crippen LogP contribution in [0.3, 0.4) is 0 Å². The number of aromatic nitrogens is 2. The minimum atomic E-state index is 0.415. The molecule has 1 atom stereocenters. The summed E-state index contributed by atoms with van der Waals surface area (Å²) in [5, 5.41) is 0. The fourth-order valence-corrected chi connectivity index (χ4v) is 2.57. The van der Waals surface area contributed by atoms with Crippen molar-refractivity contribution in [3.63, 3.8) is 0 Å². The predicted octanol–water partition coefficient (Wildman–Crippen LogP) is 2.41. The summed E-state index contributed by atoms with van der Waals surface area (Å²) < 4.78 is 0. The van der Waals surface area contributed by atoms with E-state index in [0.717, 1.165) is 24.4 Å². The lowest BCUT2D eigenvalue weighted by Gasteiger charge is -2.35. The highest BCUT2D eigenvalue weighted by molar-refractivity contribution is 5.64. The number of para-hydroxylation sites is 1. The number of fused-ring (bicyclic) bond motifs is 1. The summed E-state index contributed by atoms with van der Waals surface area (Å²) in [6.45, 7) is 2.70. The van der Waals surface area contributed by atoms with Gasteiger partial charge in [0.05, 0.1) is 0 Å². The number of hydrogen-bond donors (Lipinski definition) is 1. The van der Waals surface area contributed by atoms with Crippen LogP contribution >= 0.6 is 0 Å². The van der Waals surface area contributed by atoms with Crippen molar-refractivity contribution in [3.05, 3.63) is 47.8 Å². The largest absolute Gasteiger partial charge is 0.326 e. The average molecular weight is 254 g/mol. The molecule has 0 radical (unpaired) electrons. The second kappa shape index (κ2) is 4.97. The zero-order chi connectivity index (χ0) is 13.2. The van der Waals surface area contributed by atoms with Gasteiger partial charge in [0, 0.05) is 36.2 Å². The van der Waals surface area contributed by atoms with E-state index >= 15 is 0 Å². The maximum absolute atomic E-state index is 5.59. The topological polar surface area (TPSA) is 55.0 Å². The first-order chi connectivity index (χ1) is 9.29. The van der Waals surface area contributed by atoms with E-state index in [4.69, 9.17) is 5.73 Å². The molecule has 0 aliphatic carbocycles. The number of rotatable bonds is 2. The molecular formula is C15H18N4. The van der Waals surface area contributed by atoms with Gasteiger partial charge in [0.2, 0.25) is 5.95 Å². The molecule has 1 aliphatic heterocycles. The van der Waals surface area contributed by atoms with Crippen molar-refractivity contribution in [3.8, 4) is 0 Å². The van der Waals surface area contributed by atoms with Gasteiger partial charge in [0.1, 0.15) is 0 Å². The maximum atomic E-state index is 5.59. The average Bonchev–Trinajstić information content (AvgIpc) is 2.47. The molecule has 4 heteroatoms. The van der Waals surface area contributed by atoms with Gasteiger partial charge in [0.25, 0.3) is 0 Å². The molecule has 1 aromatic carbocycles. The minimum Gasteiger partial charge on any atom is -0.326 e. The van der Waals surface area contributed by atoms with Crippen LogP contribution in [0.2, 0.25) is 0 Å². The van der Waals surface area contributed by atoms with Gasteiger partial charge < -0.3 is 10.6 Å². The third-order valence-corrected chi connectivity index (χ3v) is 3.67. The molecule has 1 aromatic heterocycles.